The molecule has 1 aliphatic rings. The zero-order chi connectivity index (χ0) is 20.3. The highest BCUT2D eigenvalue weighted by atomic mass is 32.1. The van der Waals surface area contributed by atoms with Crippen molar-refractivity contribution >= 4 is 40.3 Å². The number of thiocarbonyl (C=S) groups is 1. The Hall–Kier alpha value is -2.38. The van der Waals surface area contributed by atoms with Gasteiger partial charge in [-0.1, -0.05) is 6.07 Å². The first-order valence-electron chi connectivity index (χ1n) is 9.29. The summed E-state index contributed by atoms with van der Waals surface area (Å²) >= 11 is 7.31. The molecule has 1 aliphatic heterocycles. The van der Waals surface area contributed by atoms with Gasteiger partial charge in [-0.2, -0.15) is 0 Å². The predicted molar refractivity (Wildman–Crippen MR) is 119 cm³/mol. The Bertz CT molecular complexity index is 872. The molecule has 0 spiro atoms. The number of likely N-dealkylation sites (N-methyl/N-ethyl adjacent to an activating group) is 1. The van der Waals surface area contributed by atoms with Gasteiger partial charge in [0, 0.05) is 29.4 Å². The second-order valence-electron chi connectivity index (χ2n) is 6.41. The highest BCUT2D eigenvalue weighted by Gasteiger charge is 2.36. The number of hydrogen-bond acceptors (Lipinski definition) is 4. The predicted octanol–water partition coefficient (Wildman–Crippen LogP) is 4.33. The summed E-state index contributed by atoms with van der Waals surface area (Å²) in [5.41, 5.74) is 2.48. The van der Waals surface area contributed by atoms with Gasteiger partial charge in [-0.05, 0) is 68.7 Å². The number of allylic oxidation sites excluding steroid dienone is 1. The van der Waals surface area contributed by atoms with Gasteiger partial charge >= 0.3 is 0 Å². The van der Waals surface area contributed by atoms with Crippen molar-refractivity contribution in [3.63, 3.8) is 0 Å². The van der Waals surface area contributed by atoms with Crippen LogP contribution in [0.25, 0.3) is 0 Å². The Balaban J connectivity index is 2.11. The molecule has 148 valence electrons. The SMILES string of the molecule is CCN(CC)C(=O)C1=C(C)N(c2ccc(OC)cc2)C(=S)N[C@@H]1c1cccs1. The number of nitrogens with zero attached hydrogens (tertiary/aromatic N) is 2. The van der Waals surface area contributed by atoms with Gasteiger partial charge in [0.2, 0.25) is 0 Å². The maximum Gasteiger partial charge on any atom is 0.254 e. The first-order valence-corrected chi connectivity index (χ1v) is 10.6. The van der Waals surface area contributed by atoms with Gasteiger partial charge in [-0.3, -0.25) is 9.69 Å². The molecule has 3 rings (SSSR count). The van der Waals surface area contributed by atoms with E-state index in [2.05, 4.69) is 5.32 Å². The standard InChI is InChI=1S/C21H25N3O2S2/c1-5-23(6-2)20(25)18-14(3)24(15-9-11-16(26-4)12-10-15)21(27)22-19(18)17-8-7-13-28-17/h7-13,19H,5-6H2,1-4H3,(H,22,27)/t19-/m1/s1. The molecule has 0 saturated carbocycles. The lowest BCUT2D eigenvalue weighted by Gasteiger charge is -2.38. The van der Waals surface area contributed by atoms with Gasteiger partial charge in [0.25, 0.3) is 5.91 Å². The van der Waals surface area contributed by atoms with E-state index in [9.17, 15) is 4.79 Å². The van der Waals surface area contributed by atoms with E-state index < -0.39 is 0 Å². The molecular weight excluding hydrogens is 390 g/mol. The molecule has 7 heteroatoms. The highest BCUT2D eigenvalue weighted by Crippen LogP contribution is 2.36. The number of methoxy groups -OCH3 is 1. The van der Waals surface area contributed by atoms with Crippen LogP contribution in [-0.4, -0.2) is 36.1 Å². The van der Waals surface area contributed by atoms with E-state index in [1.54, 1.807) is 18.4 Å². The van der Waals surface area contributed by atoms with Gasteiger partial charge in [-0.25, -0.2) is 0 Å². The number of thiophene rings is 1. The third-order valence-corrected chi connectivity index (χ3v) is 6.16. The molecule has 1 amide bonds. The van der Waals surface area contributed by atoms with Crippen LogP contribution in [-0.2, 0) is 4.79 Å². The van der Waals surface area contributed by atoms with E-state index in [0.29, 0.717) is 18.2 Å². The fraction of sp³-hybridized carbons (Fsp3) is 0.333. The summed E-state index contributed by atoms with van der Waals surface area (Å²) in [7, 11) is 1.64. The van der Waals surface area contributed by atoms with Crippen molar-refractivity contribution in [2.45, 2.75) is 26.8 Å². The molecular formula is C21H25N3O2S2. The van der Waals surface area contributed by atoms with Crippen LogP contribution in [0.5, 0.6) is 5.75 Å². The second-order valence-corrected chi connectivity index (χ2v) is 7.77. The van der Waals surface area contributed by atoms with E-state index in [1.165, 1.54) is 0 Å². The van der Waals surface area contributed by atoms with Gasteiger partial charge in [0.15, 0.2) is 5.11 Å². The van der Waals surface area contributed by atoms with Crippen LogP contribution in [0, 0.1) is 0 Å². The number of ether oxygens (including phenoxy) is 1. The van der Waals surface area contributed by atoms with E-state index >= 15 is 0 Å². The zero-order valence-corrected chi connectivity index (χ0v) is 18.2. The van der Waals surface area contributed by atoms with Crippen molar-refractivity contribution < 1.29 is 9.53 Å². The van der Waals surface area contributed by atoms with Crippen molar-refractivity contribution in [3.05, 3.63) is 57.9 Å². The Morgan fingerprint density at radius 1 is 1.25 bits per heavy atom. The summed E-state index contributed by atoms with van der Waals surface area (Å²) in [6, 6.07) is 11.5. The van der Waals surface area contributed by atoms with Crippen molar-refractivity contribution in [2.24, 2.45) is 0 Å². The Morgan fingerprint density at radius 3 is 2.46 bits per heavy atom. The fourth-order valence-corrected chi connectivity index (χ4v) is 4.56. The number of carbonyl (C=O) groups is 1. The third-order valence-electron chi connectivity index (χ3n) is 4.92. The van der Waals surface area contributed by atoms with Crippen LogP contribution in [0.3, 0.4) is 0 Å². The average Bonchev–Trinajstić information content (AvgIpc) is 3.23. The number of rotatable bonds is 6. The minimum atomic E-state index is -0.241. The maximum atomic E-state index is 13.4. The summed E-state index contributed by atoms with van der Waals surface area (Å²) in [6.07, 6.45) is 0. The van der Waals surface area contributed by atoms with Crippen LogP contribution in [0.15, 0.2) is 53.0 Å². The third kappa shape index (κ3) is 3.77. The highest BCUT2D eigenvalue weighted by molar-refractivity contribution is 7.80. The topological polar surface area (TPSA) is 44.8 Å². The van der Waals surface area contributed by atoms with E-state index in [4.69, 9.17) is 17.0 Å². The molecule has 1 N–H and O–H groups in total. The summed E-state index contributed by atoms with van der Waals surface area (Å²) in [5, 5.41) is 5.99. The Labute approximate surface area is 175 Å². The molecule has 1 atom stereocenters. The fourth-order valence-electron chi connectivity index (χ4n) is 3.41. The minimum absolute atomic E-state index is 0.0365. The lowest BCUT2D eigenvalue weighted by molar-refractivity contribution is -0.127. The van der Waals surface area contributed by atoms with Gasteiger partial charge in [0.1, 0.15) is 5.75 Å². The van der Waals surface area contributed by atoms with Crippen LogP contribution in [0.2, 0.25) is 0 Å². The molecule has 0 aliphatic carbocycles. The molecule has 0 radical (unpaired) electrons. The average molecular weight is 416 g/mol. The molecule has 1 aromatic heterocycles. The van der Waals surface area contributed by atoms with Gasteiger partial charge in [0.05, 0.1) is 18.7 Å². The largest absolute Gasteiger partial charge is 0.497 e. The molecule has 2 heterocycles. The van der Waals surface area contributed by atoms with Crippen molar-refractivity contribution in [1.82, 2.24) is 10.2 Å². The number of benzene rings is 1. The molecule has 0 fully saturated rings. The molecule has 2 aromatic rings. The quantitative estimate of drug-likeness (QED) is 0.712. The molecule has 0 bridgehead atoms. The number of nitrogens with one attached hydrogen (secondary N) is 1. The Kier molecular flexibility index (Phi) is 6.36. The molecule has 0 saturated heterocycles. The number of carbonyl (C=O) groups excluding carboxylic acids is 1. The van der Waals surface area contributed by atoms with E-state index in [0.717, 1.165) is 27.6 Å². The Morgan fingerprint density at radius 2 is 1.93 bits per heavy atom. The first kappa shape index (κ1) is 20.4. The van der Waals surface area contributed by atoms with Crippen molar-refractivity contribution in [1.29, 1.82) is 0 Å². The number of anilines is 1. The lowest BCUT2D eigenvalue weighted by atomic mass is 9.98. The maximum absolute atomic E-state index is 13.4. The normalized spacial score (nSPS) is 16.8. The molecule has 28 heavy (non-hydrogen) atoms. The summed E-state index contributed by atoms with van der Waals surface area (Å²) < 4.78 is 5.26. The zero-order valence-electron chi connectivity index (χ0n) is 16.6. The van der Waals surface area contributed by atoms with Gasteiger partial charge < -0.3 is 15.0 Å². The number of hydrogen-bond donors (Lipinski definition) is 1. The second kappa shape index (κ2) is 8.75. The van der Waals surface area contributed by atoms with Crippen LogP contribution in [0.4, 0.5) is 5.69 Å². The smallest absolute Gasteiger partial charge is 0.254 e. The monoisotopic (exact) mass is 415 g/mol. The van der Waals surface area contributed by atoms with Crippen molar-refractivity contribution in [2.75, 3.05) is 25.1 Å². The first-order chi connectivity index (χ1) is 13.5. The molecule has 0 unspecified atom stereocenters. The van der Waals surface area contributed by atoms with E-state index in [-0.39, 0.29) is 11.9 Å². The van der Waals surface area contributed by atoms with Crippen molar-refractivity contribution in [3.8, 4) is 5.75 Å². The van der Waals surface area contributed by atoms with Gasteiger partial charge in [-0.15, -0.1) is 11.3 Å². The molecule has 1 aromatic carbocycles. The summed E-state index contributed by atoms with van der Waals surface area (Å²) in [5.74, 6) is 0.812. The summed E-state index contributed by atoms with van der Waals surface area (Å²) in [6.45, 7) is 7.29. The minimum Gasteiger partial charge on any atom is -0.497 e. The number of amides is 1. The lowest BCUT2D eigenvalue weighted by Crippen LogP contribution is -2.49. The van der Waals surface area contributed by atoms with Crippen LogP contribution < -0.4 is 15.0 Å². The summed E-state index contributed by atoms with van der Waals surface area (Å²) in [4.78, 5) is 18.3. The van der Waals surface area contributed by atoms with Crippen LogP contribution >= 0.6 is 23.6 Å². The van der Waals surface area contributed by atoms with Crippen LogP contribution in [0.1, 0.15) is 31.7 Å². The van der Waals surface area contributed by atoms with E-state index in [1.807, 2.05) is 72.3 Å². The molecule has 5 nitrogen and oxygen atoms in total.